The standard InChI is InChI=1S/C11H17ClN2O2/c1-3-8-11(12)9(14(4-2)13-8)6-5-7-10(15)16/h3-7H2,1-2H3,(H,15,16). The van der Waals surface area contributed by atoms with Gasteiger partial charge >= 0.3 is 5.97 Å². The Labute approximate surface area is 100 Å². The number of nitrogens with zero attached hydrogens (tertiary/aromatic N) is 2. The molecule has 0 amide bonds. The van der Waals surface area contributed by atoms with Crippen molar-refractivity contribution in [2.45, 2.75) is 46.1 Å². The quantitative estimate of drug-likeness (QED) is 0.837. The van der Waals surface area contributed by atoms with E-state index in [-0.39, 0.29) is 6.42 Å². The molecule has 1 aromatic rings. The van der Waals surface area contributed by atoms with Gasteiger partial charge in [0.25, 0.3) is 0 Å². The minimum absolute atomic E-state index is 0.173. The molecule has 0 aliphatic heterocycles. The highest BCUT2D eigenvalue weighted by atomic mass is 35.5. The van der Waals surface area contributed by atoms with Crippen LogP contribution >= 0.6 is 11.6 Å². The van der Waals surface area contributed by atoms with Crippen LogP contribution in [0.15, 0.2) is 0 Å². The number of carboxylic acid groups (broad SMARTS) is 1. The third kappa shape index (κ3) is 2.98. The molecule has 16 heavy (non-hydrogen) atoms. The number of aromatic nitrogens is 2. The molecule has 0 saturated heterocycles. The van der Waals surface area contributed by atoms with Crippen molar-refractivity contribution in [2.24, 2.45) is 0 Å². The molecule has 0 fully saturated rings. The predicted molar refractivity (Wildman–Crippen MR) is 62.9 cm³/mol. The molecule has 0 saturated carbocycles. The molecular formula is C11H17ClN2O2. The Kier molecular flexibility index (Phi) is 4.80. The van der Waals surface area contributed by atoms with Crippen molar-refractivity contribution >= 4 is 17.6 Å². The minimum atomic E-state index is -0.769. The van der Waals surface area contributed by atoms with E-state index in [9.17, 15) is 4.79 Å². The topological polar surface area (TPSA) is 55.1 Å². The maximum Gasteiger partial charge on any atom is 0.303 e. The first-order chi connectivity index (χ1) is 7.60. The summed E-state index contributed by atoms with van der Waals surface area (Å²) in [6.07, 6.45) is 2.25. The second-order valence-corrected chi connectivity index (χ2v) is 4.00. The second-order valence-electron chi connectivity index (χ2n) is 3.62. The molecule has 1 N–H and O–H groups in total. The zero-order valence-corrected chi connectivity index (χ0v) is 10.4. The van der Waals surface area contributed by atoms with Crippen LogP contribution < -0.4 is 0 Å². The Morgan fingerprint density at radius 1 is 1.50 bits per heavy atom. The van der Waals surface area contributed by atoms with Gasteiger partial charge in [0.05, 0.1) is 16.4 Å². The number of halogens is 1. The summed E-state index contributed by atoms with van der Waals surface area (Å²) in [5.41, 5.74) is 1.86. The third-order valence-electron chi connectivity index (χ3n) is 2.50. The van der Waals surface area contributed by atoms with Gasteiger partial charge in [-0.2, -0.15) is 5.10 Å². The van der Waals surface area contributed by atoms with Gasteiger partial charge in [0.15, 0.2) is 0 Å². The maximum atomic E-state index is 10.4. The molecule has 0 unspecified atom stereocenters. The largest absolute Gasteiger partial charge is 0.481 e. The van der Waals surface area contributed by atoms with Crippen molar-refractivity contribution in [1.82, 2.24) is 9.78 Å². The Morgan fingerprint density at radius 3 is 2.69 bits per heavy atom. The van der Waals surface area contributed by atoms with E-state index in [1.54, 1.807) is 0 Å². The molecule has 0 aromatic carbocycles. The smallest absolute Gasteiger partial charge is 0.303 e. The van der Waals surface area contributed by atoms with Crippen LogP contribution in [-0.2, 0) is 24.2 Å². The summed E-state index contributed by atoms with van der Waals surface area (Å²) in [4.78, 5) is 10.4. The van der Waals surface area contributed by atoms with Crippen molar-refractivity contribution in [3.63, 3.8) is 0 Å². The Morgan fingerprint density at radius 2 is 2.19 bits per heavy atom. The molecule has 1 aromatic heterocycles. The van der Waals surface area contributed by atoms with Crippen molar-refractivity contribution in [1.29, 1.82) is 0 Å². The fraction of sp³-hybridized carbons (Fsp3) is 0.636. The molecule has 4 nitrogen and oxygen atoms in total. The molecule has 0 aliphatic rings. The van der Waals surface area contributed by atoms with Crippen LogP contribution in [0.3, 0.4) is 0 Å². The summed E-state index contributed by atoms with van der Waals surface area (Å²) >= 11 is 6.19. The summed E-state index contributed by atoms with van der Waals surface area (Å²) in [7, 11) is 0. The average molecular weight is 245 g/mol. The van der Waals surface area contributed by atoms with Gasteiger partial charge in [0.1, 0.15) is 0 Å². The fourth-order valence-corrected chi connectivity index (χ4v) is 2.03. The lowest BCUT2D eigenvalue weighted by Crippen LogP contribution is -2.04. The first-order valence-electron chi connectivity index (χ1n) is 5.56. The minimum Gasteiger partial charge on any atom is -0.481 e. The van der Waals surface area contributed by atoms with Crippen LogP contribution in [0.1, 0.15) is 38.1 Å². The summed E-state index contributed by atoms with van der Waals surface area (Å²) in [5.74, 6) is -0.769. The van der Waals surface area contributed by atoms with Crippen molar-refractivity contribution in [3.05, 3.63) is 16.4 Å². The molecule has 0 bridgehead atoms. The number of hydrogen-bond acceptors (Lipinski definition) is 2. The van der Waals surface area contributed by atoms with Gasteiger partial charge in [-0.25, -0.2) is 0 Å². The fourth-order valence-electron chi connectivity index (χ4n) is 1.66. The third-order valence-corrected chi connectivity index (χ3v) is 2.93. The van der Waals surface area contributed by atoms with Crippen LogP contribution in [-0.4, -0.2) is 20.9 Å². The predicted octanol–water partition coefficient (Wildman–Crippen LogP) is 2.53. The highest BCUT2D eigenvalue weighted by Crippen LogP contribution is 2.23. The molecule has 0 aliphatic carbocycles. The van der Waals surface area contributed by atoms with E-state index in [4.69, 9.17) is 16.7 Å². The highest BCUT2D eigenvalue weighted by Gasteiger charge is 2.13. The zero-order valence-electron chi connectivity index (χ0n) is 9.66. The zero-order chi connectivity index (χ0) is 12.1. The Bertz CT molecular complexity index is 374. The molecular weight excluding hydrogens is 228 g/mol. The molecule has 0 atom stereocenters. The average Bonchev–Trinajstić information content (AvgIpc) is 2.55. The Balaban J connectivity index is 2.76. The normalized spacial score (nSPS) is 10.7. The first kappa shape index (κ1) is 13.0. The molecule has 1 heterocycles. The van der Waals surface area contributed by atoms with E-state index < -0.39 is 5.97 Å². The molecule has 0 radical (unpaired) electrons. The molecule has 5 heteroatoms. The van der Waals surface area contributed by atoms with Gasteiger partial charge in [-0.15, -0.1) is 0 Å². The lowest BCUT2D eigenvalue weighted by atomic mass is 10.1. The Hall–Kier alpha value is -1.03. The van der Waals surface area contributed by atoms with Gasteiger partial charge in [-0.05, 0) is 26.2 Å². The second kappa shape index (κ2) is 5.89. The van der Waals surface area contributed by atoms with Crippen molar-refractivity contribution < 1.29 is 9.90 Å². The van der Waals surface area contributed by atoms with Crippen LogP contribution in [0.5, 0.6) is 0 Å². The van der Waals surface area contributed by atoms with E-state index in [0.717, 1.165) is 24.4 Å². The van der Waals surface area contributed by atoms with Gasteiger partial charge in [0.2, 0.25) is 0 Å². The number of aryl methyl sites for hydroxylation is 2. The van der Waals surface area contributed by atoms with Crippen molar-refractivity contribution in [2.75, 3.05) is 0 Å². The summed E-state index contributed by atoms with van der Waals surface area (Å²) in [5, 5.41) is 13.7. The van der Waals surface area contributed by atoms with Gasteiger partial charge in [-0.3, -0.25) is 9.48 Å². The highest BCUT2D eigenvalue weighted by molar-refractivity contribution is 6.31. The van der Waals surface area contributed by atoms with E-state index in [1.165, 1.54) is 0 Å². The number of rotatable bonds is 6. The SMILES string of the molecule is CCc1nn(CC)c(CCCC(=O)O)c1Cl. The molecule has 90 valence electrons. The van der Waals surface area contributed by atoms with Crippen LogP contribution in [0, 0.1) is 0 Å². The maximum absolute atomic E-state index is 10.4. The molecule has 0 spiro atoms. The van der Waals surface area contributed by atoms with Gasteiger partial charge < -0.3 is 5.11 Å². The number of carboxylic acids is 1. The monoisotopic (exact) mass is 244 g/mol. The number of aliphatic carboxylic acids is 1. The first-order valence-corrected chi connectivity index (χ1v) is 5.93. The van der Waals surface area contributed by atoms with Crippen LogP contribution in [0.25, 0.3) is 0 Å². The van der Waals surface area contributed by atoms with E-state index in [0.29, 0.717) is 17.9 Å². The lowest BCUT2D eigenvalue weighted by molar-refractivity contribution is -0.137. The number of carbonyl (C=O) groups is 1. The van der Waals surface area contributed by atoms with Gasteiger partial charge in [0, 0.05) is 13.0 Å². The van der Waals surface area contributed by atoms with E-state index in [1.807, 2.05) is 18.5 Å². The summed E-state index contributed by atoms with van der Waals surface area (Å²) < 4.78 is 1.86. The van der Waals surface area contributed by atoms with Crippen molar-refractivity contribution in [3.8, 4) is 0 Å². The van der Waals surface area contributed by atoms with Crippen LogP contribution in [0.4, 0.5) is 0 Å². The number of hydrogen-bond donors (Lipinski definition) is 1. The van der Waals surface area contributed by atoms with E-state index in [2.05, 4.69) is 5.10 Å². The van der Waals surface area contributed by atoms with Crippen LogP contribution in [0.2, 0.25) is 5.02 Å². The lowest BCUT2D eigenvalue weighted by Gasteiger charge is -2.03. The summed E-state index contributed by atoms with van der Waals surface area (Å²) in [6, 6.07) is 0. The van der Waals surface area contributed by atoms with E-state index >= 15 is 0 Å². The molecule has 1 rings (SSSR count). The summed E-state index contributed by atoms with van der Waals surface area (Å²) in [6.45, 7) is 4.78. The van der Waals surface area contributed by atoms with Gasteiger partial charge in [-0.1, -0.05) is 18.5 Å².